The van der Waals surface area contributed by atoms with E-state index in [4.69, 9.17) is 5.84 Å². The summed E-state index contributed by atoms with van der Waals surface area (Å²) in [5, 5.41) is 0. The van der Waals surface area contributed by atoms with Crippen LogP contribution in [0, 0.1) is 6.92 Å². The maximum Gasteiger partial charge on any atom is 0.265 e. The first-order valence-electron chi connectivity index (χ1n) is 7.16. The molecule has 0 radical (unpaired) electrons. The first-order chi connectivity index (χ1) is 11.1. The molecule has 3 aromatic rings. The number of imidazole rings is 1. The summed E-state index contributed by atoms with van der Waals surface area (Å²) < 4.78 is 1.93. The van der Waals surface area contributed by atoms with E-state index in [1.54, 1.807) is 24.3 Å². The van der Waals surface area contributed by atoms with Crippen LogP contribution in [0.25, 0.3) is 16.9 Å². The minimum Gasteiger partial charge on any atom is -0.303 e. The van der Waals surface area contributed by atoms with E-state index in [2.05, 4.69) is 10.4 Å². The molecule has 0 spiro atoms. The van der Waals surface area contributed by atoms with Gasteiger partial charge >= 0.3 is 0 Å². The van der Waals surface area contributed by atoms with E-state index >= 15 is 0 Å². The number of hydrazine groups is 1. The number of pyridine rings is 1. The number of amides is 1. The van der Waals surface area contributed by atoms with Crippen LogP contribution in [0.4, 0.5) is 0 Å². The van der Waals surface area contributed by atoms with Gasteiger partial charge in [-0.3, -0.25) is 10.2 Å². The first kappa shape index (κ1) is 14.9. The van der Waals surface area contributed by atoms with E-state index in [1.165, 1.54) is 0 Å². The number of nitrogens with one attached hydrogen (secondary N) is 1. The van der Waals surface area contributed by atoms with Crippen molar-refractivity contribution in [2.45, 2.75) is 13.3 Å². The van der Waals surface area contributed by atoms with Gasteiger partial charge in [0.25, 0.3) is 5.91 Å². The monoisotopic (exact) mass is 308 g/mol. The predicted octanol–water partition coefficient (Wildman–Crippen LogP) is 1.65. The van der Waals surface area contributed by atoms with Gasteiger partial charge in [-0.05, 0) is 30.7 Å². The van der Waals surface area contributed by atoms with Crippen molar-refractivity contribution in [2.24, 2.45) is 5.84 Å². The third kappa shape index (κ3) is 2.72. The number of carbonyl (C=O) groups is 2. The molecule has 0 saturated heterocycles. The van der Waals surface area contributed by atoms with Gasteiger partial charge in [0.1, 0.15) is 11.9 Å². The minimum absolute atomic E-state index is 0.269. The highest BCUT2D eigenvalue weighted by molar-refractivity contribution is 5.94. The third-order valence-corrected chi connectivity index (χ3v) is 3.69. The largest absolute Gasteiger partial charge is 0.303 e. The van der Waals surface area contributed by atoms with Gasteiger partial charge in [0.05, 0.1) is 11.4 Å². The van der Waals surface area contributed by atoms with Crippen LogP contribution in [0.15, 0.2) is 42.6 Å². The number of aryl methyl sites for hydroxylation is 1. The number of aromatic nitrogens is 2. The van der Waals surface area contributed by atoms with Crippen LogP contribution < -0.4 is 11.3 Å². The lowest BCUT2D eigenvalue weighted by Gasteiger charge is -2.04. The minimum atomic E-state index is -0.352. The van der Waals surface area contributed by atoms with Crippen molar-refractivity contribution in [3.63, 3.8) is 0 Å². The van der Waals surface area contributed by atoms with Crippen LogP contribution in [0.2, 0.25) is 0 Å². The summed E-state index contributed by atoms with van der Waals surface area (Å²) in [7, 11) is 0. The first-order valence-corrected chi connectivity index (χ1v) is 7.16. The predicted molar refractivity (Wildman–Crippen MR) is 86.8 cm³/mol. The van der Waals surface area contributed by atoms with Crippen LogP contribution >= 0.6 is 0 Å². The Balaban J connectivity index is 2.13. The van der Waals surface area contributed by atoms with Gasteiger partial charge in [0, 0.05) is 23.7 Å². The highest BCUT2D eigenvalue weighted by atomic mass is 16.2. The Labute approximate surface area is 132 Å². The van der Waals surface area contributed by atoms with Crippen molar-refractivity contribution in [3.8, 4) is 11.3 Å². The average Bonchev–Trinajstić information content (AvgIpc) is 2.93. The maximum atomic E-state index is 11.5. The molecule has 0 unspecified atom stereocenters. The number of benzene rings is 1. The van der Waals surface area contributed by atoms with E-state index in [0.717, 1.165) is 34.4 Å². The number of aldehydes is 1. The van der Waals surface area contributed by atoms with Crippen LogP contribution in [-0.4, -0.2) is 21.6 Å². The fourth-order valence-corrected chi connectivity index (χ4v) is 2.57. The zero-order valence-electron chi connectivity index (χ0n) is 12.6. The van der Waals surface area contributed by atoms with Crippen LogP contribution in [0.1, 0.15) is 21.6 Å². The normalized spacial score (nSPS) is 10.7. The van der Waals surface area contributed by atoms with Crippen molar-refractivity contribution in [3.05, 3.63) is 59.4 Å². The van der Waals surface area contributed by atoms with Crippen molar-refractivity contribution in [2.75, 3.05) is 0 Å². The number of nitrogens with two attached hydrogens (primary N) is 1. The number of fused-ring (bicyclic) bond motifs is 1. The third-order valence-electron chi connectivity index (χ3n) is 3.69. The van der Waals surface area contributed by atoms with Gasteiger partial charge in [-0.2, -0.15) is 0 Å². The molecule has 2 heterocycles. The molecule has 3 N–H and O–H groups in total. The molecular weight excluding hydrogens is 292 g/mol. The van der Waals surface area contributed by atoms with E-state index in [1.807, 2.05) is 29.7 Å². The van der Waals surface area contributed by atoms with Gasteiger partial charge < -0.3 is 9.20 Å². The van der Waals surface area contributed by atoms with Gasteiger partial charge in [-0.25, -0.2) is 10.8 Å². The SMILES string of the molecule is Cc1ccc2nc(-c3ccc(C(=O)NN)cc3)c(CC=O)n2c1. The number of rotatable bonds is 4. The zero-order chi connectivity index (χ0) is 16.4. The smallest absolute Gasteiger partial charge is 0.265 e. The standard InChI is InChI=1S/C17H16N4O2/c1-11-2-7-15-19-16(14(8-9-22)21(15)10-11)12-3-5-13(6-4-12)17(23)20-18/h2-7,9-10H,8,18H2,1H3,(H,20,23). The van der Waals surface area contributed by atoms with Gasteiger partial charge in [0.15, 0.2) is 0 Å². The molecule has 0 aliphatic rings. The Bertz CT molecular complexity index is 881. The summed E-state index contributed by atoms with van der Waals surface area (Å²) in [6.07, 6.45) is 3.09. The summed E-state index contributed by atoms with van der Waals surface area (Å²) in [4.78, 5) is 27.2. The summed E-state index contributed by atoms with van der Waals surface area (Å²) >= 11 is 0. The van der Waals surface area contributed by atoms with Gasteiger partial charge in [-0.15, -0.1) is 0 Å². The lowest BCUT2D eigenvalue weighted by Crippen LogP contribution is -2.29. The Morgan fingerprint density at radius 1 is 1.26 bits per heavy atom. The summed E-state index contributed by atoms with van der Waals surface area (Å²) in [5.74, 6) is 4.78. The molecule has 0 bridgehead atoms. The number of hydrogen-bond acceptors (Lipinski definition) is 4. The maximum absolute atomic E-state index is 11.5. The second kappa shape index (κ2) is 6.02. The highest BCUT2D eigenvalue weighted by Gasteiger charge is 2.14. The molecule has 0 aliphatic carbocycles. The molecule has 0 saturated carbocycles. The summed E-state index contributed by atoms with van der Waals surface area (Å²) in [6, 6.07) is 10.9. The topological polar surface area (TPSA) is 89.5 Å². The number of carbonyl (C=O) groups excluding carboxylic acids is 2. The molecule has 0 fully saturated rings. The van der Waals surface area contributed by atoms with Crippen LogP contribution in [0.5, 0.6) is 0 Å². The quantitative estimate of drug-likeness (QED) is 0.332. The van der Waals surface area contributed by atoms with Crippen molar-refractivity contribution in [1.82, 2.24) is 14.8 Å². The molecule has 6 heteroatoms. The van der Waals surface area contributed by atoms with Gasteiger partial charge in [-0.1, -0.05) is 18.2 Å². The molecule has 23 heavy (non-hydrogen) atoms. The molecule has 3 rings (SSSR count). The fraction of sp³-hybridized carbons (Fsp3) is 0.118. The number of nitrogens with zero attached hydrogens (tertiary/aromatic N) is 2. The summed E-state index contributed by atoms with van der Waals surface area (Å²) in [5.41, 5.74) is 6.84. The Hall–Kier alpha value is -2.99. The molecule has 2 aromatic heterocycles. The number of nitrogen functional groups attached to an aromatic ring is 1. The fourth-order valence-electron chi connectivity index (χ4n) is 2.57. The van der Waals surface area contributed by atoms with Gasteiger partial charge in [0.2, 0.25) is 0 Å². The Kier molecular flexibility index (Phi) is 3.91. The van der Waals surface area contributed by atoms with E-state index < -0.39 is 0 Å². The van der Waals surface area contributed by atoms with E-state index in [9.17, 15) is 9.59 Å². The molecule has 0 atom stereocenters. The molecular formula is C17H16N4O2. The Morgan fingerprint density at radius 3 is 2.65 bits per heavy atom. The van der Waals surface area contributed by atoms with E-state index in [-0.39, 0.29) is 12.3 Å². The molecule has 0 aliphatic heterocycles. The highest BCUT2D eigenvalue weighted by Crippen LogP contribution is 2.25. The summed E-state index contributed by atoms with van der Waals surface area (Å²) in [6.45, 7) is 1.99. The molecule has 1 aromatic carbocycles. The molecule has 6 nitrogen and oxygen atoms in total. The second-order valence-electron chi connectivity index (χ2n) is 5.26. The van der Waals surface area contributed by atoms with Crippen LogP contribution in [-0.2, 0) is 11.2 Å². The molecule has 1 amide bonds. The second-order valence-corrected chi connectivity index (χ2v) is 5.26. The van der Waals surface area contributed by atoms with Crippen LogP contribution in [0.3, 0.4) is 0 Å². The zero-order valence-corrected chi connectivity index (χ0v) is 12.6. The van der Waals surface area contributed by atoms with Crippen molar-refractivity contribution < 1.29 is 9.59 Å². The molecule has 116 valence electrons. The number of hydrogen-bond donors (Lipinski definition) is 2. The van der Waals surface area contributed by atoms with Crippen molar-refractivity contribution >= 4 is 17.8 Å². The lowest BCUT2D eigenvalue weighted by atomic mass is 10.1. The van der Waals surface area contributed by atoms with E-state index in [0.29, 0.717) is 5.56 Å². The van der Waals surface area contributed by atoms with Crippen molar-refractivity contribution in [1.29, 1.82) is 0 Å². The average molecular weight is 308 g/mol. The lowest BCUT2D eigenvalue weighted by molar-refractivity contribution is -0.107. The Morgan fingerprint density at radius 2 is 2.00 bits per heavy atom.